The van der Waals surface area contributed by atoms with Crippen molar-refractivity contribution in [3.05, 3.63) is 40.4 Å². The Morgan fingerprint density at radius 1 is 1.38 bits per heavy atom. The Labute approximate surface area is 145 Å². The standard InChI is InChI=1S/C16H19N3O3S2/c1-10-6-7-13-14(8-10)23-16(17-13)18-15(20)11-4-3-5-12(9-11)19-24(2,21)22/h3-5,9-10,19H,6-8H2,1-2H3,(H,17,18,20). The number of carbonyl (C=O) groups is 1. The van der Waals surface area contributed by atoms with Crippen molar-refractivity contribution in [2.24, 2.45) is 5.92 Å². The van der Waals surface area contributed by atoms with Gasteiger partial charge >= 0.3 is 0 Å². The maximum atomic E-state index is 12.4. The molecule has 0 aliphatic heterocycles. The van der Waals surface area contributed by atoms with Gasteiger partial charge < -0.3 is 0 Å². The predicted octanol–water partition coefficient (Wildman–Crippen LogP) is 2.89. The minimum absolute atomic E-state index is 0.300. The van der Waals surface area contributed by atoms with E-state index >= 15 is 0 Å². The second kappa shape index (κ2) is 6.52. The van der Waals surface area contributed by atoms with Crippen LogP contribution in [0.3, 0.4) is 0 Å². The SMILES string of the molecule is CC1CCc2nc(NC(=O)c3cccc(NS(C)(=O)=O)c3)sc2C1. The minimum Gasteiger partial charge on any atom is -0.298 e. The van der Waals surface area contributed by atoms with Crippen LogP contribution in [0, 0.1) is 5.92 Å². The molecule has 1 unspecified atom stereocenters. The van der Waals surface area contributed by atoms with Crippen LogP contribution in [-0.4, -0.2) is 25.6 Å². The number of aryl methyl sites for hydroxylation is 1. The van der Waals surface area contributed by atoms with Crippen molar-refractivity contribution in [3.63, 3.8) is 0 Å². The molecular formula is C16H19N3O3S2. The van der Waals surface area contributed by atoms with Crippen LogP contribution in [0.1, 0.15) is 34.3 Å². The highest BCUT2D eigenvalue weighted by Gasteiger charge is 2.20. The average molecular weight is 365 g/mol. The van der Waals surface area contributed by atoms with Gasteiger partial charge in [-0.15, -0.1) is 11.3 Å². The largest absolute Gasteiger partial charge is 0.298 e. The van der Waals surface area contributed by atoms with Gasteiger partial charge in [0.25, 0.3) is 5.91 Å². The highest BCUT2D eigenvalue weighted by atomic mass is 32.2. The van der Waals surface area contributed by atoms with Gasteiger partial charge in [-0.2, -0.15) is 0 Å². The van der Waals surface area contributed by atoms with E-state index in [1.54, 1.807) is 18.2 Å². The summed E-state index contributed by atoms with van der Waals surface area (Å²) in [5.74, 6) is 0.353. The fourth-order valence-corrected chi connectivity index (χ4v) is 4.42. The molecule has 1 aromatic heterocycles. The van der Waals surface area contributed by atoms with Gasteiger partial charge in [-0.05, 0) is 43.4 Å². The van der Waals surface area contributed by atoms with Crippen LogP contribution >= 0.6 is 11.3 Å². The van der Waals surface area contributed by atoms with E-state index in [0.717, 1.165) is 31.2 Å². The summed E-state index contributed by atoms with van der Waals surface area (Å²) in [6.45, 7) is 2.22. The second-order valence-electron chi connectivity index (χ2n) is 6.15. The quantitative estimate of drug-likeness (QED) is 0.872. The summed E-state index contributed by atoms with van der Waals surface area (Å²) in [7, 11) is -3.38. The molecule has 0 saturated heterocycles. The summed E-state index contributed by atoms with van der Waals surface area (Å²) >= 11 is 1.52. The Kier molecular flexibility index (Phi) is 4.60. The van der Waals surface area contributed by atoms with Crippen LogP contribution in [-0.2, 0) is 22.9 Å². The molecule has 1 amide bonds. The first kappa shape index (κ1) is 16.9. The molecule has 0 spiro atoms. The minimum atomic E-state index is -3.38. The zero-order valence-corrected chi connectivity index (χ0v) is 15.1. The Bertz CT molecular complexity index is 874. The Balaban J connectivity index is 1.75. The molecule has 6 nitrogen and oxygen atoms in total. The van der Waals surface area contributed by atoms with E-state index in [1.807, 2.05) is 0 Å². The Hall–Kier alpha value is -1.93. The number of anilines is 2. The summed E-state index contributed by atoms with van der Waals surface area (Å²) in [6.07, 6.45) is 4.16. The zero-order chi connectivity index (χ0) is 17.3. The monoisotopic (exact) mass is 365 g/mol. The number of fused-ring (bicyclic) bond motifs is 1. The molecule has 1 aromatic carbocycles. The van der Waals surface area contributed by atoms with Crippen molar-refractivity contribution in [1.29, 1.82) is 0 Å². The number of nitrogens with zero attached hydrogens (tertiary/aromatic N) is 1. The second-order valence-corrected chi connectivity index (χ2v) is 8.98. The van der Waals surface area contributed by atoms with E-state index in [1.165, 1.54) is 22.3 Å². The van der Waals surface area contributed by atoms with Gasteiger partial charge in [0.05, 0.1) is 11.9 Å². The highest BCUT2D eigenvalue weighted by Crippen LogP contribution is 2.32. The van der Waals surface area contributed by atoms with Gasteiger partial charge in [0.2, 0.25) is 10.0 Å². The van der Waals surface area contributed by atoms with Crippen molar-refractivity contribution in [2.45, 2.75) is 26.2 Å². The normalized spacial score (nSPS) is 17.2. The number of benzene rings is 1. The smallest absolute Gasteiger partial charge is 0.257 e. The van der Waals surface area contributed by atoms with E-state index in [9.17, 15) is 13.2 Å². The molecule has 0 radical (unpaired) electrons. The third-order valence-electron chi connectivity index (χ3n) is 3.83. The third kappa shape index (κ3) is 4.12. The molecule has 1 heterocycles. The molecule has 128 valence electrons. The number of sulfonamides is 1. The summed E-state index contributed by atoms with van der Waals surface area (Å²) in [5, 5.41) is 3.41. The lowest BCUT2D eigenvalue weighted by Crippen LogP contribution is -2.14. The highest BCUT2D eigenvalue weighted by molar-refractivity contribution is 7.92. The Morgan fingerprint density at radius 3 is 2.92 bits per heavy atom. The topological polar surface area (TPSA) is 88.2 Å². The van der Waals surface area contributed by atoms with Crippen LogP contribution in [0.4, 0.5) is 10.8 Å². The van der Waals surface area contributed by atoms with Gasteiger partial charge in [-0.25, -0.2) is 13.4 Å². The lowest BCUT2D eigenvalue weighted by Gasteiger charge is -2.15. The predicted molar refractivity (Wildman–Crippen MR) is 96.2 cm³/mol. The van der Waals surface area contributed by atoms with Crippen molar-refractivity contribution >= 4 is 38.1 Å². The van der Waals surface area contributed by atoms with E-state index in [4.69, 9.17) is 0 Å². The van der Waals surface area contributed by atoms with Crippen molar-refractivity contribution in [1.82, 2.24) is 4.98 Å². The molecule has 24 heavy (non-hydrogen) atoms. The van der Waals surface area contributed by atoms with Crippen molar-refractivity contribution in [3.8, 4) is 0 Å². The first-order chi connectivity index (χ1) is 11.3. The van der Waals surface area contributed by atoms with Crippen molar-refractivity contribution in [2.75, 3.05) is 16.3 Å². The molecule has 2 N–H and O–H groups in total. The van der Waals surface area contributed by atoms with Crippen LogP contribution in [0.15, 0.2) is 24.3 Å². The van der Waals surface area contributed by atoms with Gasteiger partial charge in [0.15, 0.2) is 5.13 Å². The average Bonchev–Trinajstić information content (AvgIpc) is 2.87. The van der Waals surface area contributed by atoms with E-state index in [0.29, 0.717) is 22.3 Å². The number of aromatic nitrogens is 1. The fraction of sp³-hybridized carbons (Fsp3) is 0.375. The lowest BCUT2D eigenvalue weighted by atomic mass is 9.93. The maximum Gasteiger partial charge on any atom is 0.257 e. The maximum absolute atomic E-state index is 12.4. The molecule has 1 aliphatic rings. The molecule has 0 fully saturated rings. The number of amides is 1. The molecule has 1 aliphatic carbocycles. The molecule has 1 atom stereocenters. The summed E-state index contributed by atoms with van der Waals surface area (Å²) < 4.78 is 24.9. The van der Waals surface area contributed by atoms with Crippen LogP contribution in [0.2, 0.25) is 0 Å². The number of rotatable bonds is 4. The molecule has 0 saturated carbocycles. The van der Waals surface area contributed by atoms with Gasteiger partial charge in [-0.3, -0.25) is 14.8 Å². The van der Waals surface area contributed by atoms with E-state index in [2.05, 4.69) is 21.9 Å². The third-order valence-corrected chi connectivity index (χ3v) is 5.48. The summed E-state index contributed by atoms with van der Waals surface area (Å²) in [4.78, 5) is 18.1. The molecule has 0 bridgehead atoms. The van der Waals surface area contributed by atoms with E-state index < -0.39 is 10.0 Å². The summed E-state index contributed by atoms with van der Waals surface area (Å²) in [5.41, 5.74) is 1.82. The lowest BCUT2D eigenvalue weighted by molar-refractivity contribution is 0.102. The number of hydrogen-bond donors (Lipinski definition) is 2. The van der Waals surface area contributed by atoms with Crippen LogP contribution < -0.4 is 10.0 Å². The zero-order valence-electron chi connectivity index (χ0n) is 13.5. The first-order valence-corrected chi connectivity index (χ1v) is 10.4. The summed E-state index contributed by atoms with van der Waals surface area (Å²) in [6, 6.07) is 6.38. The van der Waals surface area contributed by atoms with Gasteiger partial charge in [0, 0.05) is 16.1 Å². The van der Waals surface area contributed by atoms with E-state index in [-0.39, 0.29) is 5.91 Å². The van der Waals surface area contributed by atoms with Crippen LogP contribution in [0.25, 0.3) is 0 Å². The molecule has 8 heteroatoms. The Morgan fingerprint density at radius 2 is 2.17 bits per heavy atom. The number of nitrogens with one attached hydrogen (secondary N) is 2. The van der Waals surface area contributed by atoms with Crippen molar-refractivity contribution < 1.29 is 13.2 Å². The van der Waals surface area contributed by atoms with Gasteiger partial charge in [-0.1, -0.05) is 13.0 Å². The van der Waals surface area contributed by atoms with Gasteiger partial charge in [0.1, 0.15) is 0 Å². The molecule has 2 aromatic rings. The molecular weight excluding hydrogens is 346 g/mol. The number of carbonyl (C=O) groups excluding carboxylic acids is 1. The first-order valence-electron chi connectivity index (χ1n) is 7.68. The molecule has 3 rings (SSSR count). The number of thiazole rings is 1. The fourth-order valence-electron chi connectivity index (χ4n) is 2.70. The van der Waals surface area contributed by atoms with Crippen LogP contribution in [0.5, 0.6) is 0 Å². The number of hydrogen-bond acceptors (Lipinski definition) is 5.